The number of aromatic nitrogens is 1. The Morgan fingerprint density at radius 3 is 2.93 bits per heavy atom. The predicted molar refractivity (Wildman–Crippen MR) is 114 cm³/mol. The number of benzene rings is 1. The van der Waals surface area contributed by atoms with E-state index in [0.29, 0.717) is 17.5 Å². The van der Waals surface area contributed by atoms with Gasteiger partial charge >= 0.3 is 0 Å². The Morgan fingerprint density at radius 2 is 2.14 bits per heavy atom. The molecular formula is C23H26ClN3O2. The molecule has 3 unspecified atom stereocenters. The highest BCUT2D eigenvalue weighted by Gasteiger charge is 2.39. The molecule has 1 aromatic carbocycles. The normalized spacial score (nSPS) is 25.6. The lowest BCUT2D eigenvalue weighted by Crippen LogP contribution is -2.31. The minimum absolute atomic E-state index is 0.118. The Balaban J connectivity index is 1.51. The third kappa shape index (κ3) is 3.35. The molecule has 1 aliphatic carbocycles. The van der Waals surface area contributed by atoms with Crippen molar-refractivity contribution in [1.82, 2.24) is 10.3 Å². The summed E-state index contributed by atoms with van der Waals surface area (Å²) in [5, 5.41) is 4.30. The summed E-state index contributed by atoms with van der Waals surface area (Å²) < 4.78 is 5.71. The summed E-state index contributed by atoms with van der Waals surface area (Å²) in [5.74, 6) is 0.118. The summed E-state index contributed by atoms with van der Waals surface area (Å²) in [6.07, 6.45) is 10.1. The van der Waals surface area contributed by atoms with Gasteiger partial charge in [0.25, 0.3) is 0 Å². The molecule has 1 N–H and O–H groups in total. The Hall–Kier alpha value is -1.95. The number of rotatable bonds is 4. The zero-order valence-corrected chi connectivity index (χ0v) is 17.6. The number of carbonyl (C=O) groups excluding carboxylic acids is 1. The van der Waals surface area contributed by atoms with Crippen LogP contribution in [0.1, 0.15) is 55.3 Å². The highest BCUT2D eigenvalue weighted by molar-refractivity contribution is 6.34. The maximum Gasteiger partial charge on any atom is 0.227 e. The number of hydrogen-bond acceptors (Lipinski definition) is 4. The number of carbonyl (C=O) groups is 1. The zero-order valence-electron chi connectivity index (χ0n) is 16.9. The summed E-state index contributed by atoms with van der Waals surface area (Å²) in [5.41, 5.74) is 6.86. The SMILES string of the molecule is CCC1OC1NC1CCCc2c(-c3cc(Cl)c4c(c3)CCC(=O)N4C)cncc21. The number of halogens is 1. The number of nitrogens with zero attached hydrogens (tertiary/aromatic N) is 2. The number of hydrogen-bond donors (Lipinski definition) is 1. The molecule has 6 heteroatoms. The van der Waals surface area contributed by atoms with Crippen molar-refractivity contribution in [3.05, 3.63) is 46.2 Å². The van der Waals surface area contributed by atoms with Crippen molar-refractivity contribution in [2.24, 2.45) is 0 Å². The standard InChI is InChI=1S/C23H26ClN3O2/c1-3-20-23(29-20)26-19-6-4-5-15-16(11-25-12-17(15)19)14-9-13-7-8-21(28)27(2)22(13)18(24)10-14/h9-12,19-20,23,26H,3-8H2,1-2H3. The van der Waals surface area contributed by atoms with Gasteiger partial charge in [-0.25, -0.2) is 0 Å². The van der Waals surface area contributed by atoms with E-state index in [0.717, 1.165) is 54.5 Å². The average Bonchev–Trinajstić information content (AvgIpc) is 3.48. The quantitative estimate of drug-likeness (QED) is 0.757. The maximum atomic E-state index is 12.1. The summed E-state index contributed by atoms with van der Waals surface area (Å²) in [4.78, 5) is 18.3. The van der Waals surface area contributed by atoms with E-state index in [1.165, 1.54) is 11.1 Å². The second-order valence-electron chi connectivity index (χ2n) is 8.29. The van der Waals surface area contributed by atoms with E-state index in [2.05, 4.69) is 23.3 Å². The number of nitrogens with one attached hydrogen (secondary N) is 1. The van der Waals surface area contributed by atoms with Crippen LogP contribution >= 0.6 is 11.6 Å². The predicted octanol–water partition coefficient (Wildman–Crippen LogP) is 4.41. The molecule has 5 nitrogen and oxygen atoms in total. The fraction of sp³-hybridized carbons (Fsp3) is 0.478. The Bertz CT molecular complexity index is 977. The third-order valence-corrected chi connectivity index (χ3v) is 6.80. The van der Waals surface area contributed by atoms with Crippen molar-refractivity contribution < 1.29 is 9.53 Å². The molecule has 1 amide bonds. The van der Waals surface area contributed by atoms with Gasteiger partial charge in [-0.3, -0.25) is 15.1 Å². The molecule has 0 bridgehead atoms. The number of anilines is 1. The maximum absolute atomic E-state index is 12.1. The van der Waals surface area contributed by atoms with E-state index in [1.807, 2.05) is 18.5 Å². The molecule has 2 aliphatic heterocycles. The molecule has 0 radical (unpaired) electrons. The molecule has 3 atom stereocenters. The number of aryl methyl sites for hydroxylation is 1. The van der Waals surface area contributed by atoms with Crippen LogP contribution in [0.15, 0.2) is 24.5 Å². The van der Waals surface area contributed by atoms with Crippen LogP contribution in [0.2, 0.25) is 5.02 Å². The number of fused-ring (bicyclic) bond motifs is 2. The summed E-state index contributed by atoms with van der Waals surface area (Å²) in [6, 6.07) is 4.46. The minimum Gasteiger partial charge on any atom is -0.353 e. The van der Waals surface area contributed by atoms with Crippen LogP contribution in [0.5, 0.6) is 0 Å². The molecular weight excluding hydrogens is 386 g/mol. The van der Waals surface area contributed by atoms with E-state index in [1.54, 1.807) is 11.9 Å². The van der Waals surface area contributed by atoms with E-state index in [-0.39, 0.29) is 18.2 Å². The molecule has 152 valence electrons. The van der Waals surface area contributed by atoms with Gasteiger partial charge in [0.15, 0.2) is 0 Å². The molecule has 0 spiro atoms. The Morgan fingerprint density at radius 1 is 1.28 bits per heavy atom. The summed E-state index contributed by atoms with van der Waals surface area (Å²) in [6.45, 7) is 2.16. The fourth-order valence-corrected chi connectivity index (χ4v) is 5.22. The number of amides is 1. The number of ether oxygens (including phenoxy) is 1. The zero-order chi connectivity index (χ0) is 20.1. The highest BCUT2D eigenvalue weighted by Crippen LogP contribution is 2.41. The summed E-state index contributed by atoms with van der Waals surface area (Å²) >= 11 is 6.64. The van der Waals surface area contributed by atoms with Gasteiger partial charge < -0.3 is 9.64 Å². The van der Waals surface area contributed by atoms with Crippen LogP contribution in [0.25, 0.3) is 11.1 Å². The van der Waals surface area contributed by atoms with Crippen LogP contribution in [-0.2, 0) is 22.4 Å². The van der Waals surface area contributed by atoms with Crippen LogP contribution in [0.3, 0.4) is 0 Å². The Kier molecular flexibility index (Phi) is 4.85. The Labute approximate surface area is 176 Å². The number of epoxide rings is 1. The molecule has 29 heavy (non-hydrogen) atoms. The van der Waals surface area contributed by atoms with Crippen LogP contribution in [0, 0.1) is 0 Å². The first-order chi connectivity index (χ1) is 14.1. The topological polar surface area (TPSA) is 57.8 Å². The van der Waals surface area contributed by atoms with Gasteiger partial charge in [0.1, 0.15) is 6.23 Å². The van der Waals surface area contributed by atoms with Crippen molar-refractivity contribution in [2.75, 3.05) is 11.9 Å². The molecule has 1 fully saturated rings. The lowest BCUT2D eigenvalue weighted by molar-refractivity contribution is -0.118. The van der Waals surface area contributed by atoms with Crippen molar-refractivity contribution in [1.29, 1.82) is 0 Å². The minimum atomic E-state index is 0.118. The molecule has 3 heterocycles. The van der Waals surface area contributed by atoms with Gasteiger partial charge in [-0.1, -0.05) is 18.5 Å². The van der Waals surface area contributed by atoms with E-state index in [9.17, 15) is 4.79 Å². The second kappa shape index (κ2) is 7.38. The lowest BCUT2D eigenvalue weighted by atomic mass is 9.84. The average molecular weight is 412 g/mol. The molecule has 0 saturated carbocycles. The molecule has 1 aromatic heterocycles. The van der Waals surface area contributed by atoms with E-state index in [4.69, 9.17) is 16.3 Å². The molecule has 1 saturated heterocycles. The first kappa shape index (κ1) is 19.0. The largest absolute Gasteiger partial charge is 0.353 e. The summed E-state index contributed by atoms with van der Waals surface area (Å²) in [7, 11) is 1.80. The van der Waals surface area contributed by atoms with Crippen molar-refractivity contribution >= 4 is 23.2 Å². The van der Waals surface area contributed by atoms with E-state index < -0.39 is 0 Å². The molecule has 3 aliphatic rings. The van der Waals surface area contributed by atoms with Crippen LogP contribution in [0.4, 0.5) is 5.69 Å². The first-order valence-corrected chi connectivity index (χ1v) is 10.9. The monoisotopic (exact) mass is 411 g/mol. The highest BCUT2D eigenvalue weighted by atomic mass is 35.5. The fourth-order valence-electron chi connectivity index (χ4n) is 4.85. The molecule has 5 rings (SSSR count). The van der Waals surface area contributed by atoms with Gasteiger partial charge in [-0.2, -0.15) is 0 Å². The van der Waals surface area contributed by atoms with Crippen LogP contribution < -0.4 is 10.2 Å². The first-order valence-electron chi connectivity index (χ1n) is 10.5. The lowest BCUT2D eigenvalue weighted by Gasteiger charge is -2.29. The van der Waals surface area contributed by atoms with Gasteiger partial charge in [0.2, 0.25) is 5.91 Å². The smallest absolute Gasteiger partial charge is 0.227 e. The third-order valence-electron chi connectivity index (χ3n) is 6.51. The van der Waals surface area contributed by atoms with Crippen molar-refractivity contribution in [2.45, 2.75) is 63.8 Å². The van der Waals surface area contributed by atoms with Crippen molar-refractivity contribution in [3.8, 4) is 11.1 Å². The van der Waals surface area contributed by atoms with Gasteiger partial charge in [-0.15, -0.1) is 0 Å². The van der Waals surface area contributed by atoms with Gasteiger partial charge in [-0.05, 0) is 66.5 Å². The second-order valence-corrected chi connectivity index (χ2v) is 8.70. The number of pyridine rings is 1. The van der Waals surface area contributed by atoms with Gasteiger partial charge in [0.05, 0.1) is 16.8 Å². The van der Waals surface area contributed by atoms with Crippen molar-refractivity contribution in [3.63, 3.8) is 0 Å². The molecule has 2 aromatic rings. The van der Waals surface area contributed by atoms with E-state index >= 15 is 0 Å². The van der Waals surface area contributed by atoms with Crippen LogP contribution in [-0.4, -0.2) is 30.3 Å². The van der Waals surface area contributed by atoms with Gasteiger partial charge in [0, 0.05) is 37.5 Å².